The summed E-state index contributed by atoms with van der Waals surface area (Å²) in [5.74, 6) is 2.43. The highest BCUT2D eigenvalue weighted by Crippen LogP contribution is 2.35. The van der Waals surface area contributed by atoms with Gasteiger partial charge in [0, 0.05) is 17.2 Å². The summed E-state index contributed by atoms with van der Waals surface area (Å²) in [6, 6.07) is 14.2. The molecule has 0 aliphatic heterocycles. The molecule has 1 aromatic heterocycles. The van der Waals surface area contributed by atoms with Gasteiger partial charge in [-0.3, -0.25) is 0 Å². The third-order valence-corrected chi connectivity index (χ3v) is 8.28. The molecule has 2 atom stereocenters. The summed E-state index contributed by atoms with van der Waals surface area (Å²) in [4.78, 5) is 0. The summed E-state index contributed by atoms with van der Waals surface area (Å²) in [7, 11) is 0. The molecule has 0 saturated heterocycles. The Morgan fingerprint density at radius 2 is 1.74 bits per heavy atom. The summed E-state index contributed by atoms with van der Waals surface area (Å²) >= 11 is 10.3. The van der Waals surface area contributed by atoms with E-state index in [9.17, 15) is 10.2 Å². The van der Waals surface area contributed by atoms with Crippen LogP contribution >= 0.6 is 56.8 Å². The lowest BCUT2D eigenvalue weighted by atomic mass is 9.78. The van der Waals surface area contributed by atoms with Crippen LogP contribution in [0, 0.1) is 13.2 Å². The topological polar surface area (TPSA) is 89.6 Å². The number of halogens is 3. The second-order valence-corrected chi connectivity index (χ2v) is 11.5. The average Bonchev–Trinajstić information content (AvgIpc) is 3.20. The molecule has 0 saturated carbocycles. The quantitative estimate of drug-likeness (QED) is 0.202. The van der Waals surface area contributed by atoms with E-state index in [4.69, 9.17) is 21.1 Å². The number of rotatable bonds is 12. The lowest BCUT2D eigenvalue weighted by Crippen LogP contribution is -2.25. The minimum Gasteiger partial charge on any atom is -0.492 e. The van der Waals surface area contributed by atoms with Crippen molar-refractivity contribution < 1.29 is 19.7 Å². The minimum absolute atomic E-state index is 0.120. The zero-order chi connectivity index (χ0) is 25.6. The third kappa shape index (κ3) is 7.43. The van der Waals surface area contributed by atoms with Gasteiger partial charge in [0.2, 0.25) is 0 Å². The van der Waals surface area contributed by atoms with Gasteiger partial charge in [-0.2, -0.15) is 0 Å². The number of alkyl halides is 1. The van der Waals surface area contributed by atoms with E-state index in [0.29, 0.717) is 33.5 Å². The Morgan fingerprint density at radius 3 is 2.34 bits per heavy atom. The molecule has 0 spiro atoms. The molecule has 0 amide bonds. The molecule has 2 N–H and O–H groups in total. The number of hydrogen-bond acceptors (Lipinski definition) is 6. The van der Waals surface area contributed by atoms with Gasteiger partial charge in [0.05, 0.1) is 23.3 Å². The van der Waals surface area contributed by atoms with E-state index in [0.717, 1.165) is 14.9 Å². The number of aliphatic hydroxyl groups is 2. The minimum atomic E-state index is -0.761. The molecule has 3 aromatic rings. The smallest absolute Gasteiger partial charge is 0.132 e. The van der Waals surface area contributed by atoms with Crippen LogP contribution in [0.4, 0.5) is 0 Å². The fourth-order valence-electron chi connectivity index (χ4n) is 3.41. The Hall–Kier alpha value is -1.15. The summed E-state index contributed by atoms with van der Waals surface area (Å²) in [6.07, 6.45) is -0.761. The van der Waals surface area contributed by atoms with Crippen molar-refractivity contribution >= 4 is 56.8 Å². The van der Waals surface area contributed by atoms with Gasteiger partial charge in [-0.05, 0) is 80.6 Å². The molecule has 10 heteroatoms. The van der Waals surface area contributed by atoms with Crippen molar-refractivity contribution in [3.63, 3.8) is 0 Å². The van der Waals surface area contributed by atoms with Crippen molar-refractivity contribution in [3.05, 3.63) is 66.6 Å². The van der Waals surface area contributed by atoms with Crippen LogP contribution in [0.1, 0.15) is 37.6 Å². The van der Waals surface area contributed by atoms with Crippen LogP contribution < -0.4 is 9.47 Å². The monoisotopic (exact) mass is 725 g/mol. The van der Waals surface area contributed by atoms with Crippen LogP contribution in [-0.2, 0) is 18.6 Å². The maximum atomic E-state index is 10.3. The van der Waals surface area contributed by atoms with E-state index in [1.54, 1.807) is 4.68 Å². The van der Waals surface area contributed by atoms with E-state index < -0.39 is 6.10 Å². The predicted molar refractivity (Wildman–Crippen MR) is 153 cm³/mol. The molecule has 0 fully saturated rings. The van der Waals surface area contributed by atoms with Crippen molar-refractivity contribution in [2.45, 2.75) is 45.4 Å². The standard InChI is InChI=1S/C25H30ClI2N3O4/c1-16(11-26)14-35-23-9-6-18(10-21(23)27)25(2,3)17-4-7-20(8-5-17)34-15-19(33)12-31-24(28)22(13-32)29-30-31/h4-10,16,19,32-33H,11-15H2,1-3H3/t16-,19-/m1/s1. The first kappa shape index (κ1) is 28.4. The summed E-state index contributed by atoms with van der Waals surface area (Å²) < 4.78 is 15.0. The van der Waals surface area contributed by atoms with Gasteiger partial charge in [-0.15, -0.1) is 16.7 Å². The maximum absolute atomic E-state index is 10.3. The molecule has 0 bridgehead atoms. The van der Waals surface area contributed by atoms with E-state index in [-0.39, 0.29) is 25.2 Å². The van der Waals surface area contributed by atoms with Crippen LogP contribution in [-0.4, -0.2) is 50.4 Å². The molecule has 0 aliphatic carbocycles. The van der Waals surface area contributed by atoms with Crippen molar-refractivity contribution in [3.8, 4) is 11.5 Å². The zero-order valence-electron chi connectivity index (χ0n) is 19.9. The Kier molecular flexibility index (Phi) is 10.5. The second kappa shape index (κ2) is 12.9. The molecule has 35 heavy (non-hydrogen) atoms. The highest BCUT2D eigenvalue weighted by atomic mass is 127. The van der Waals surface area contributed by atoms with Gasteiger partial charge in [0.25, 0.3) is 0 Å². The summed E-state index contributed by atoms with van der Waals surface area (Å²) in [5, 5.41) is 27.4. The molecule has 2 aromatic carbocycles. The lowest BCUT2D eigenvalue weighted by molar-refractivity contribution is 0.0881. The molecule has 7 nitrogen and oxygen atoms in total. The fraction of sp³-hybridized carbons (Fsp3) is 0.440. The van der Waals surface area contributed by atoms with Gasteiger partial charge in [0.15, 0.2) is 0 Å². The molecule has 1 heterocycles. The molecular formula is C25H30ClI2N3O4. The molecule has 0 unspecified atom stereocenters. The van der Waals surface area contributed by atoms with Gasteiger partial charge in [-0.1, -0.05) is 44.2 Å². The SMILES string of the molecule is C[C@H](CCl)COc1ccc(C(C)(C)c2ccc(OC[C@H](O)Cn3nnc(CO)c3I)cc2)cc1I. The number of ether oxygens (including phenoxy) is 2. The van der Waals surface area contributed by atoms with Crippen LogP contribution in [0.5, 0.6) is 11.5 Å². The van der Waals surface area contributed by atoms with Crippen molar-refractivity contribution in [1.29, 1.82) is 0 Å². The number of benzene rings is 2. The highest BCUT2D eigenvalue weighted by Gasteiger charge is 2.24. The number of nitrogens with zero attached hydrogens (tertiary/aromatic N) is 3. The Morgan fingerprint density at radius 1 is 1.06 bits per heavy atom. The molecular weight excluding hydrogens is 696 g/mol. The first-order valence-corrected chi connectivity index (χ1v) is 13.9. The van der Waals surface area contributed by atoms with Crippen molar-refractivity contribution in [2.75, 3.05) is 19.1 Å². The Labute approximate surface area is 238 Å². The maximum Gasteiger partial charge on any atom is 0.132 e. The van der Waals surface area contributed by atoms with Gasteiger partial charge >= 0.3 is 0 Å². The van der Waals surface area contributed by atoms with E-state index in [2.05, 4.69) is 101 Å². The van der Waals surface area contributed by atoms with Crippen molar-refractivity contribution in [2.24, 2.45) is 5.92 Å². The first-order valence-electron chi connectivity index (χ1n) is 11.2. The number of hydrogen-bond donors (Lipinski definition) is 2. The normalized spacial score (nSPS) is 13.5. The van der Waals surface area contributed by atoms with Gasteiger partial charge in [-0.25, -0.2) is 4.68 Å². The third-order valence-electron chi connectivity index (χ3n) is 5.73. The second-order valence-electron chi connectivity index (χ2n) is 9.00. The average molecular weight is 726 g/mol. The van der Waals surface area contributed by atoms with E-state index >= 15 is 0 Å². The Balaban J connectivity index is 1.60. The zero-order valence-corrected chi connectivity index (χ0v) is 25.0. The number of aromatic nitrogens is 3. The van der Waals surface area contributed by atoms with Crippen LogP contribution in [0.2, 0.25) is 0 Å². The van der Waals surface area contributed by atoms with Crippen LogP contribution in [0.25, 0.3) is 0 Å². The molecule has 0 aliphatic rings. The van der Waals surface area contributed by atoms with Crippen molar-refractivity contribution in [1.82, 2.24) is 15.0 Å². The summed E-state index contributed by atoms with van der Waals surface area (Å²) in [6.45, 7) is 7.22. The van der Waals surface area contributed by atoms with Gasteiger partial charge < -0.3 is 19.7 Å². The highest BCUT2D eigenvalue weighted by molar-refractivity contribution is 14.1. The lowest BCUT2D eigenvalue weighted by Gasteiger charge is -2.27. The van der Waals surface area contributed by atoms with Gasteiger partial charge in [0.1, 0.15) is 33.6 Å². The van der Waals surface area contributed by atoms with Crippen LogP contribution in [0.3, 0.4) is 0 Å². The predicted octanol–water partition coefficient (Wildman–Crippen LogP) is 5.00. The van der Waals surface area contributed by atoms with Crippen LogP contribution in [0.15, 0.2) is 42.5 Å². The molecule has 0 radical (unpaired) electrons. The van der Waals surface area contributed by atoms with E-state index in [1.807, 2.05) is 18.2 Å². The first-order chi connectivity index (χ1) is 16.6. The Bertz CT molecular complexity index is 1110. The largest absolute Gasteiger partial charge is 0.492 e. The molecule has 3 rings (SSSR count). The molecule has 190 valence electrons. The number of aliphatic hydroxyl groups excluding tert-OH is 2. The summed E-state index contributed by atoms with van der Waals surface area (Å²) in [5.41, 5.74) is 2.62. The fourth-order valence-corrected chi connectivity index (χ4v) is 4.75. The van der Waals surface area contributed by atoms with E-state index in [1.165, 1.54) is 5.56 Å².